The number of carbonyl (C=O) groups is 1. The van der Waals surface area contributed by atoms with E-state index >= 15 is 0 Å². The van der Waals surface area contributed by atoms with Crippen molar-refractivity contribution in [3.63, 3.8) is 0 Å². The van der Waals surface area contributed by atoms with Crippen LogP contribution in [0.2, 0.25) is 19.6 Å². The highest BCUT2D eigenvalue weighted by Gasteiger charge is 2.22. The van der Waals surface area contributed by atoms with Gasteiger partial charge >= 0.3 is 0 Å². The molecule has 0 bridgehead atoms. The molecule has 1 aromatic rings. The molecule has 3 heteroatoms. The highest BCUT2D eigenvalue weighted by molar-refractivity contribution is 6.87. The van der Waals surface area contributed by atoms with E-state index in [0.29, 0.717) is 5.76 Å². The average Bonchev–Trinajstić information content (AvgIpc) is 2.29. The molecule has 12 heavy (non-hydrogen) atoms. The molecule has 0 radical (unpaired) electrons. The molecule has 0 fully saturated rings. The lowest BCUT2D eigenvalue weighted by atomic mass is 10.3. The molecule has 0 atom stereocenters. The summed E-state index contributed by atoms with van der Waals surface area (Å²) in [6, 6.07) is 1.98. The summed E-state index contributed by atoms with van der Waals surface area (Å²) in [5.41, 5.74) is 0.947. The van der Waals surface area contributed by atoms with E-state index < -0.39 is 8.07 Å². The van der Waals surface area contributed by atoms with E-state index in [4.69, 9.17) is 4.42 Å². The Bertz CT molecular complexity index is 294. The molecule has 1 aromatic heterocycles. The zero-order chi connectivity index (χ0) is 9.35. The summed E-state index contributed by atoms with van der Waals surface area (Å²) < 4.78 is 5.42. The van der Waals surface area contributed by atoms with Gasteiger partial charge in [0.25, 0.3) is 0 Å². The van der Waals surface area contributed by atoms with Gasteiger partial charge in [-0.15, -0.1) is 0 Å². The molecule has 66 valence electrons. The molecule has 2 nitrogen and oxygen atoms in total. The Morgan fingerprint density at radius 1 is 1.42 bits per heavy atom. The number of rotatable bonds is 2. The minimum absolute atomic E-state index is 0.479. The van der Waals surface area contributed by atoms with Crippen LogP contribution in [0.25, 0.3) is 0 Å². The van der Waals surface area contributed by atoms with Crippen molar-refractivity contribution in [3.8, 4) is 0 Å². The fraction of sp³-hybridized carbons (Fsp3) is 0.444. The van der Waals surface area contributed by atoms with Crippen LogP contribution >= 0.6 is 0 Å². The molecule has 0 N–H and O–H groups in total. The summed E-state index contributed by atoms with van der Waals surface area (Å²) in [6.45, 7) is 8.48. The number of aldehydes is 1. The van der Waals surface area contributed by atoms with Gasteiger partial charge in [0.05, 0.1) is 5.38 Å². The van der Waals surface area contributed by atoms with E-state index in [1.54, 1.807) is 0 Å². The van der Waals surface area contributed by atoms with E-state index in [1.807, 2.05) is 13.0 Å². The molecule has 0 saturated heterocycles. The Labute approximate surface area is 73.6 Å². The first kappa shape index (κ1) is 9.26. The molecule has 0 unspecified atom stereocenters. The summed E-state index contributed by atoms with van der Waals surface area (Å²) in [4.78, 5) is 10.5. The highest BCUT2D eigenvalue weighted by atomic mass is 28.3. The molecule has 0 aliphatic rings. The third-order valence-electron chi connectivity index (χ3n) is 1.80. The van der Waals surface area contributed by atoms with Crippen LogP contribution in [-0.2, 0) is 0 Å². The standard InChI is InChI=1S/C9H14O2Si/c1-7-5-9(12(2,3)4)11-8(7)6-10/h5-6H,1-4H3. The molecule has 1 heterocycles. The van der Waals surface area contributed by atoms with Gasteiger partial charge in [-0.3, -0.25) is 4.79 Å². The molecular weight excluding hydrogens is 168 g/mol. The van der Waals surface area contributed by atoms with E-state index in [2.05, 4.69) is 19.6 Å². The summed E-state index contributed by atoms with van der Waals surface area (Å²) in [5, 5.41) is 1.00. The van der Waals surface area contributed by atoms with Gasteiger partial charge < -0.3 is 4.42 Å². The normalized spacial score (nSPS) is 11.7. The van der Waals surface area contributed by atoms with Crippen LogP contribution in [0.5, 0.6) is 0 Å². The zero-order valence-electron chi connectivity index (χ0n) is 7.97. The Morgan fingerprint density at radius 2 is 2.00 bits per heavy atom. The van der Waals surface area contributed by atoms with Crippen LogP contribution in [0.15, 0.2) is 10.5 Å². The van der Waals surface area contributed by atoms with E-state index in [9.17, 15) is 4.79 Å². The van der Waals surface area contributed by atoms with Crippen LogP contribution in [-0.4, -0.2) is 14.4 Å². The maximum absolute atomic E-state index is 10.5. The van der Waals surface area contributed by atoms with Gasteiger partial charge in [0.1, 0.15) is 8.07 Å². The quantitative estimate of drug-likeness (QED) is 0.517. The van der Waals surface area contributed by atoms with E-state index in [-0.39, 0.29) is 0 Å². The largest absolute Gasteiger partial charge is 0.463 e. The van der Waals surface area contributed by atoms with Crippen molar-refractivity contribution in [2.24, 2.45) is 0 Å². The first-order chi connectivity index (χ1) is 5.45. The molecule has 1 rings (SSSR count). The third-order valence-corrected chi connectivity index (χ3v) is 3.53. The van der Waals surface area contributed by atoms with Crippen molar-refractivity contribution in [1.82, 2.24) is 0 Å². The number of aryl methyl sites for hydroxylation is 1. The van der Waals surface area contributed by atoms with Crippen LogP contribution in [0.4, 0.5) is 0 Å². The predicted octanol–water partition coefficient (Wildman–Crippen LogP) is 1.95. The van der Waals surface area contributed by atoms with Crippen molar-refractivity contribution in [1.29, 1.82) is 0 Å². The van der Waals surface area contributed by atoms with Gasteiger partial charge in [-0.1, -0.05) is 19.6 Å². The van der Waals surface area contributed by atoms with Crippen LogP contribution in [0.3, 0.4) is 0 Å². The fourth-order valence-electron chi connectivity index (χ4n) is 0.983. The highest BCUT2D eigenvalue weighted by Crippen LogP contribution is 2.09. The monoisotopic (exact) mass is 182 g/mol. The summed E-state index contributed by atoms with van der Waals surface area (Å²) in [5.74, 6) is 0.479. The predicted molar refractivity (Wildman–Crippen MR) is 51.8 cm³/mol. The summed E-state index contributed by atoms with van der Waals surface area (Å²) >= 11 is 0. The van der Waals surface area contributed by atoms with Crippen molar-refractivity contribution in [2.75, 3.05) is 0 Å². The van der Waals surface area contributed by atoms with Crippen molar-refractivity contribution >= 4 is 19.7 Å². The van der Waals surface area contributed by atoms with Gasteiger partial charge in [-0.2, -0.15) is 0 Å². The van der Waals surface area contributed by atoms with Gasteiger partial charge in [0.2, 0.25) is 0 Å². The van der Waals surface area contributed by atoms with Crippen LogP contribution in [0.1, 0.15) is 16.1 Å². The molecule has 0 spiro atoms. The number of hydrogen-bond acceptors (Lipinski definition) is 2. The van der Waals surface area contributed by atoms with Gasteiger partial charge in [0, 0.05) is 0 Å². The maximum Gasteiger partial charge on any atom is 0.185 e. The topological polar surface area (TPSA) is 30.2 Å². The fourth-order valence-corrected chi connectivity index (χ4v) is 2.05. The smallest absolute Gasteiger partial charge is 0.185 e. The van der Waals surface area contributed by atoms with Crippen LogP contribution in [0, 0.1) is 6.92 Å². The number of hydrogen-bond donors (Lipinski definition) is 0. The Balaban J connectivity index is 3.13. The lowest BCUT2D eigenvalue weighted by Gasteiger charge is -2.10. The van der Waals surface area contributed by atoms with E-state index in [1.165, 1.54) is 0 Å². The third kappa shape index (κ3) is 1.66. The minimum atomic E-state index is -1.39. The van der Waals surface area contributed by atoms with Gasteiger partial charge in [-0.25, -0.2) is 0 Å². The van der Waals surface area contributed by atoms with Crippen molar-refractivity contribution in [2.45, 2.75) is 26.6 Å². The second kappa shape index (κ2) is 2.90. The van der Waals surface area contributed by atoms with E-state index in [0.717, 1.165) is 17.2 Å². The lowest BCUT2D eigenvalue weighted by molar-refractivity contribution is 0.110. The minimum Gasteiger partial charge on any atom is -0.463 e. The summed E-state index contributed by atoms with van der Waals surface area (Å²) in [7, 11) is -1.39. The first-order valence-electron chi connectivity index (χ1n) is 4.01. The maximum atomic E-state index is 10.5. The Kier molecular flexibility index (Phi) is 2.24. The Hall–Kier alpha value is -0.833. The van der Waals surface area contributed by atoms with Crippen LogP contribution < -0.4 is 5.38 Å². The average molecular weight is 182 g/mol. The van der Waals surface area contributed by atoms with Crippen molar-refractivity contribution < 1.29 is 9.21 Å². The molecule has 0 saturated carbocycles. The SMILES string of the molecule is Cc1cc([Si](C)(C)C)oc1C=O. The molecule has 0 aromatic carbocycles. The molecule has 0 amide bonds. The number of furan rings is 1. The second-order valence-corrected chi connectivity index (χ2v) is 9.02. The molecule has 0 aliphatic heterocycles. The Morgan fingerprint density at radius 3 is 2.25 bits per heavy atom. The molecule has 0 aliphatic carbocycles. The lowest BCUT2D eigenvalue weighted by Crippen LogP contribution is -2.36. The molecular formula is C9H14O2Si. The summed E-state index contributed by atoms with van der Waals surface area (Å²) in [6.07, 6.45) is 0.777. The second-order valence-electron chi connectivity index (χ2n) is 4.03. The van der Waals surface area contributed by atoms with Crippen molar-refractivity contribution in [3.05, 3.63) is 17.4 Å². The number of carbonyl (C=O) groups excluding carboxylic acids is 1. The van der Waals surface area contributed by atoms with Gasteiger partial charge in [0.15, 0.2) is 12.0 Å². The first-order valence-corrected chi connectivity index (χ1v) is 7.51. The van der Waals surface area contributed by atoms with Gasteiger partial charge in [-0.05, 0) is 18.6 Å². The zero-order valence-corrected chi connectivity index (χ0v) is 8.97.